The van der Waals surface area contributed by atoms with Gasteiger partial charge < -0.3 is 0 Å². The molecule has 0 N–H and O–H groups in total. The molecule has 0 unspecified atom stereocenters. The van der Waals surface area contributed by atoms with Crippen molar-refractivity contribution in [2.75, 3.05) is 0 Å². The molecule has 2 rings (SSSR count). The number of aryl methyl sites for hydroxylation is 1. The molecule has 16 heavy (non-hydrogen) atoms. The molecule has 2 aromatic rings. The van der Waals surface area contributed by atoms with Crippen LogP contribution in [-0.4, -0.2) is 9.97 Å². The molecule has 0 radical (unpaired) electrons. The van der Waals surface area contributed by atoms with Gasteiger partial charge in [-0.15, -0.1) is 11.3 Å². The van der Waals surface area contributed by atoms with E-state index < -0.39 is 0 Å². The second-order valence-corrected chi connectivity index (χ2v) is 4.70. The Bertz CT molecular complexity index is 423. The second kappa shape index (κ2) is 5.75. The van der Waals surface area contributed by atoms with Crippen molar-refractivity contribution in [3.05, 3.63) is 35.6 Å². The molecule has 84 valence electrons. The Labute approximate surface area is 100 Å². The first kappa shape index (κ1) is 11.3. The molecule has 0 aliphatic carbocycles. The normalized spacial score (nSPS) is 10.6. The van der Waals surface area contributed by atoms with Gasteiger partial charge in [-0.25, -0.2) is 4.98 Å². The van der Waals surface area contributed by atoms with Crippen LogP contribution in [0.15, 0.2) is 29.9 Å². The third kappa shape index (κ3) is 2.89. The summed E-state index contributed by atoms with van der Waals surface area (Å²) in [6, 6.07) is 4.01. The summed E-state index contributed by atoms with van der Waals surface area (Å²) in [5, 5.41) is 3.25. The fraction of sp³-hybridized carbons (Fsp3) is 0.385. The van der Waals surface area contributed by atoms with E-state index in [1.54, 1.807) is 17.5 Å². The van der Waals surface area contributed by atoms with Crippen molar-refractivity contribution in [2.45, 2.75) is 32.6 Å². The first-order valence-electron chi connectivity index (χ1n) is 5.75. The summed E-state index contributed by atoms with van der Waals surface area (Å²) in [6.07, 6.45) is 8.56. The van der Waals surface area contributed by atoms with Crippen LogP contribution in [0.2, 0.25) is 0 Å². The van der Waals surface area contributed by atoms with E-state index in [0.29, 0.717) is 0 Å². The minimum Gasteiger partial charge on any atom is -0.264 e. The average molecular weight is 232 g/mol. The highest BCUT2D eigenvalue weighted by Gasteiger charge is 2.03. The maximum atomic E-state index is 4.63. The van der Waals surface area contributed by atoms with Crippen molar-refractivity contribution in [1.82, 2.24) is 9.97 Å². The standard InChI is InChI=1S/C13H16N2S/c1-2-3-4-7-12-10-16-13(15-12)11-6-5-8-14-9-11/h5-6,8-10H,2-4,7H2,1H3. The average Bonchev–Trinajstić information content (AvgIpc) is 2.79. The minimum atomic E-state index is 1.08. The van der Waals surface area contributed by atoms with E-state index in [1.807, 2.05) is 12.3 Å². The third-order valence-electron chi connectivity index (χ3n) is 2.50. The largest absolute Gasteiger partial charge is 0.264 e. The van der Waals surface area contributed by atoms with Crippen LogP contribution in [0, 0.1) is 0 Å². The second-order valence-electron chi connectivity index (χ2n) is 3.84. The number of pyridine rings is 1. The van der Waals surface area contributed by atoms with Crippen molar-refractivity contribution in [3.63, 3.8) is 0 Å². The first-order chi connectivity index (χ1) is 7.90. The molecule has 2 heterocycles. The lowest BCUT2D eigenvalue weighted by molar-refractivity contribution is 0.710. The Balaban J connectivity index is 2.02. The van der Waals surface area contributed by atoms with Gasteiger partial charge >= 0.3 is 0 Å². The number of unbranched alkanes of at least 4 members (excludes halogenated alkanes) is 2. The Morgan fingerprint density at radius 1 is 1.31 bits per heavy atom. The van der Waals surface area contributed by atoms with Crippen molar-refractivity contribution < 1.29 is 0 Å². The van der Waals surface area contributed by atoms with E-state index in [0.717, 1.165) is 17.0 Å². The number of aromatic nitrogens is 2. The molecule has 0 aromatic carbocycles. The summed E-state index contributed by atoms with van der Waals surface area (Å²) < 4.78 is 0. The van der Waals surface area contributed by atoms with E-state index >= 15 is 0 Å². The van der Waals surface area contributed by atoms with Gasteiger partial charge in [0, 0.05) is 23.3 Å². The van der Waals surface area contributed by atoms with Crippen LogP contribution >= 0.6 is 11.3 Å². The molecule has 0 aliphatic heterocycles. The molecular weight excluding hydrogens is 216 g/mol. The molecular formula is C13H16N2S. The molecule has 3 heteroatoms. The Morgan fingerprint density at radius 3 is 3.00 bits per heavy atom. The maximum Gasteiger partial charge on any atom is 0.125 e. The zero-order chi connectivity index (χ0) is 11.2. The fourth-order valence-electron chi connectivity index (χ4n) is 1.60. The van der Waals surface area contributed by atoms with E-state index in [2.05, 4.69) is 28.3 Å². The molecule has 2 aromatic heterocycles. The summed E-state index contributed by atoms with van der Waals surface area (Å²) in [4.78, 5) is 8.74. The fourth-order valence-corrected chi connectivity index (χ4v) is 2.44. The van der Waals surface area contributed by atoms with Crippen LogP contribution in [0.3, 0.4) is 0 Å². The highest BCUT2D eigenvalue weighted by Crippen LogP contribution is 2.23. The van der Waals surface area contributed by atoms with E-state index in [1.165, 1.54) is 25.0 Å². The summed E-state index contributed by atoms with van der Waals surface area (Å²) in [7, 11) is 0. The smallest absolute Gasteiger partial charge is 0.125 e. The number of hydrogen-bond acceptors (Lipinski definition) is 3. The van der Waals surface area contributed by atoms with Crippen LogP contribution in [-0.2, 0) is 6.42 Å². The number of rotatable bonds is 5. The minimum absolute atomic E-state index is 1.08. The zero-order valence-electron chi connectivity index (χ0n) is 9.52. The van der Waals surface area contributed by atoms with Gasteiger partial charge in [-0.05, 0) is 25.0 Å². The van der Waals surface area contributed by atoms with Gasteiger partial charge in [-0.3, -0.25) is 4.98 Å². The lowest BCUT2D eigenvalue weighted by atomic mass is 10.2. The molecule has 0 fully saturated rings. The quantitative estimate of drug-likeness (QED) is 0.730. The predicted octanol–water partition coefficient (Wildman–Crippen LogP) is 3.94. The summed E-state index contributed by atoms with van der Waals surface area (Å²) >= 11 is 1.71. The lowest BCUT2D eigenvalue weighted by Crippen LogP contribution is -1.86. The van der Waals surface area contributed by atoms with E-state index in [4.69, 9.17) is 0 Å². The van der Waals surface area contributed by atoms with E-state index in [9.17, 15) is 0 Å². The van der Waals surface area contributed by atoms with Gasteiger partial charge in [-0.2, -0.15) is 0 Å². The molecule has 0 amide bonds. The van der Waals surface area contributed by atoms with Crippen LogP contribution in [0.1, 0.15) is 31.9 Å². The summed E-state index contributed by atoms with van der Waals surface area (Å²) in [5.41, 5.74) is 2.34. The maximum absolute atomic E-state index is 4.63. The number of thiazole rings is 1. The van der Waals surface area contributed by atoms with E-state index in [-0.39, 0.29) is 0 Å². The molecule has 0 aliphatic rings. The number of nitrogens with zero attached hydrogens (tertiary/aromatic N) is 2. The van der Waals surface area contributed by atoms with Crippen LogP contribution in [0.25, 0.3) is 10.6 Å². The van der Waals surface area contributed by atoms with Crippen molar-refractivity contribution in [2.24, 2.45) is 0 Å². The summed E-state index contributed by atoms with van der Waals surface area (Å²) in [5.74, 6) is 0. The highest BCUT2D eigenvalue weighted by molar-refractivity contribution is 7.13. The van der Waals surface area contributed by atoms with Crippen LogP contribution in [0.5, 0.6) is 0 Å². The van der Waals surface area contributed by atoms with Gasteiger partial charge in [-0.1, -0.05) is 19.8 Å². The first-order valence-corrected chi connectivity index (χ1v) is 6.63. The molecule has 0 atom stereocenters. The molecule has 0 bridgehead atoms. The summed E-state index contributed by atoms with van der Waals surface area (Å²) in [6.45, 7) is 2.22. The molecule has 0 saturated carbocycles. The van der Waals surface area contributed by atoms with Crippen molar-refractivity contribution in [1.29, 1.82) is 0 Å². The van der Waals surface area contributed by atoms with Crippen molar-refractivity contribution >= 4 is 11.3 Å². The highest BCUT2D eigenvalue weighted by atomic mass is 32.1. The predicted molar refractivity (Wildman–Crippen MR) is 68.6 cm³/mol. The molecule has 0 saturated heterocycles. The van der Waals surface area contributed by atoms with Crippen LogP contribution < -0.4 is 0 Å². The van der Waals surface area contributed by atoms with Gasteiger partial charge in [0.05, 0.1) is 5.69 Å². The van der Waals surface area contributed by atoms with Gasteiger partial charge in [0.25, 0.3) is 0 Å². The topological polar surface area (TPSA) is 25.8 Å². The Kier molecular flexibility index (Phi) is 4.05. The molecule has 2 nitrogen and oxygen atoms in total. The monoisotopic (exact) mass is 232 g/mol. The lowest BCUT2D eigenvalue weighted by Gasteiger charge is -1.95. The van der Waals surface area contributed by atoms with Gasteiger partial charge in [0.15, 0.2) is 0 Å². The van der Waals surface area contributed by atoms with Gasteiger partial charge in [0.1, 0.15) is 5.01 Å². The van der Waals surface area contributed by atoms with Gasteiger partial charge in [0.2, 0.25) is 0 Å². The van der Waals surface area contributed by atoms with Crippen molar-refractivity contribution in [3.8, 4) is 10.6 Å². The third-order valence-corrected chi connectivity index (χ3v) is 3.44. The Morgan fingerprint density at radius 2 is 2.25 bits per heavy atom. The SMILES string of the molecule is CCCCCc1csc(-c2cccnc2)n1. The number of hydrogen-bond donors (Lipinski definition) is 0. The Hall–Kier alpha value is -1.22. The van der Waals surface area contributed by atoms with Crippen LogP contribution in [0.4, 0.5) is 0 Å². The zero-order valence-corrected chi connectivity index (χ0v) is 10.3. The molecule has 0 spiro atoms.